The highest BCUT2D eigenvalue weighted by atomic mass is 16.5. The molecule has 1 aromatic rings. The van der Waals surface area contributed by atoms with Crippen molar-refractivity contribution in [1.82, 2.24) is 15.3 Å². The lowest BCUT2D eigenvalue weighted by Crippen LogP contribution is -2.30. The molecule has 1 aliphatic rings. The number of carbonyl (C=O) groups excluding carboxylic acids is 2. The number of nitrogens with zero attached hydrogens (tertiary/aromatic N) is 2. The van der Waals surface area contributed by atoms with Gasteiger partial charge in [-0.05, 0) is 39.0 Å². The lowest BCUT2D eigenvalue weighted by molar-refractivity contribution is -0.124. The van der Waals surface area contributed by atoms with Gasteiger partial charge >= 0.3 is 5.97 Å². The summed E-state index contributed by atoms with van der Waals surface area (Å²) in [7, 11) is 0. The van der Waals surface area contributed by atoms with E-state index in [2.05, 4.69) is 21.4 Å². The molecule has 0 unspecified atom stereocenters. The van der Waals surface area contributed by atoms with Crippen LogP contribution >= 0.6 is 0 Å². The van der Waals surface area contributed by atoms with Crippen molar-refractivity contribution in [3.63, 3.8) is 0 Å². The number of ether oxygens (including phenoxy) is 1. The van der Waals surface area contributed by atoms with Crippen molar-refractivity contribution in [2.45, 2.75) is 39.0 Å². The van der Waals surface area contributed by atoms with Crippen molar-refractivity contribution in [2.75, 3.05) is 13.2 Å². The van der Waals surface area contributed by atoms with Gasteiger partial charge in [0, 0.05) is 12.7 Å². The number of aryl methyl sites for hydroxylation is 1. The molecule has 0 bridgehead atoms. The first-order valence-corrected chi connectivity index (χ1v) is 7.55. The highest BCUT2D eigenvalue weighted by molar-refractivity contribution is 5.89. The predicted molar refractivity (Wildman–Crippen MR) is 81.2 cm³/mol. The largest absolute Gasteiger partial charge is 0.451 e. The van der Waals surface area contributed by atoms with Crippen LogP contribution in [-0.4, -0.2) is 35.0 Å². The maximum absolute atomic E-state index is 11.7. The molecule has 0 atom stereocenters. The maximum atomic E-state index is 11.7. The topological polar surface area (TPSA) is 81.2 Å². The molecule has 6 nitrogen and oxygen atoms in total. The van der Waals surface area contributed by atoms with Crippen molar-refractivity contribution in [2.24, 2.45) is 0 Å². The second-order valence-corrected chi connectivity index (χ2v) is 5.33. The van der Waals surface area contributed by atoms with E-state index < -0.39 is 5.97 Å². The summed E-state index contributed by atoms with van der Waals surface area (Å²) in [4.78, 5) is 31.2. The van der Waals surface area contributed by atoms with E-state index in [0.29, 0.717) is 12.2 Å². The molecule has 6 heteroatoms. The molecule has 118 valence electrons. The third-order valence-corrected chi connectivity index (χ3v) is 3.48. The number of nitrogens with one attached hydrogen (secondary N) is 1. The van der Waals surface area contributed by atoms with Gasteiger partial charge in [-0.1, -0.05) is 11.6 Å². The Bertz CT molecular complexity index is 552. The van der Waals surface area contributed by atoms with Crippen molar-refractivity contribution in [3.05, 3.63) is 35.4 Å². The van der Waals surface area contributed by atoms with Crippen molar-refractivity contribution in [3.8, 4) is 0 Å². The van der Waals surface area contributed by atoms with Gasteiger partial charge in [-0.25, -0.2) is 9.78 Å². The minimum atomic E-state index is -0.641. The van der Waals surface area contributed by atoms with Crippen LogP contribution in [0.4, 0.5) is 0 Å². The molecule has 1 aromatic heterocycles. The van der Waals surface area contributed by atoms with E-state index in [1.54, 1.807) is 6.92 Å². The summed E-state index contributed by atoms with van der Waals surface area (Å²) in [6.07, 6.45) is 10.7. The summed E-state index contributed by atoms with van der Waals surface area (Å²) in [5.41, 5.74) is 2.22. The molecule has 0 aliphatic heterocycles. The first-order chi connectivity index (χ1) is 10.6. The van der Waals surface area contributed by atoms with Crippen LogP contribution in [0, 0.1) is 6.92 Å². The summed E-state index contributed by atoms with van der Waals surface area (Å²) in [5.74, 6) is -0.942. The van der Waals surface area contributed by atoms with E-state index in [1.807, 2.05) is 0 Å². The van der Waals surface area contributed by atoms with Gasteiger partial charge in [-0.2, -0.15) is 0 Å². The summed E-state index contributed by atoms with van der Waals surface area (Å²) < 4.78 is 4.90. The Morgan fingerprint density at radius 3 is 2.82 bits per heavy atom. The van der Waals surface area contributed by atoms with E-state index in [4.69, 9.17) is 4.74 Å². The lowest BCUT2D eigenvalue weighted by atomic mass is 9.97. The van der Waals surface area contributed by atoms with Gasteiger partial charge in [0.05, 0.1) is 11.9 Å². The summed E-state index contributed by atoms with van der Waals surface area (Å²) in [6.45, 7) is 2.05. The standard InChI is InChI=1S/C16H21N3O3/c1-12-9-19-14(10-18-12)16(21)22-11-15(20)17-8-7-13-5-3-2-4-6-13/h5,9-10H,2-4,6-8,11H2,1H3,(H,17,20). The van der Waals surface area contributed by atoms with Crippen LogP contribution in [-0.2, 0) is 9.53 Å². The predicted octanol–water partition coefficient (Wildman–Crippen LogP) is 1.95. The molecule has 0 saturated heterocycles. The molecule has 1 amide bonds. The SMILES string of the molecule is Cc1cnc(C(=O)OCC(=O)NCCC2=CCCCC2)cn1. The zero-order valence-electron chi connectivity index (χ0n) is 12.8. The quantitative estimate of drug-likeness (QED) is 0.641. The van der Waals surface area contributed by atoms with Gasteiger partial charge in [0.15, 0.2) is 12.3 Å². The average molecular weight is 303 g/mol. The van der Waals surface area contributed by atoms with Gasteiger partial charge in [0.25, 0.3) is 5.91 Å². The van der Waals surface area contributed by atoms with Gasteiger partial charge in [-0.15, -0.1) is 0 Å². The molecular weight excluding hydrogens is 282 g/mol. The second kappa shape index (κ2) is 8.26. The number of aromatic nitrogens is 2. The molecule has 1 aliphatic carbocycles. The second-order valence-electron chi connectivity index (χ2n) is 5.33. The third-order valence-electron chi connectivity index (χ3n) is 3.48. The van der Waals surface area contributed by atoms with Gasteiger partial charge in [0.1, 0.15) is 0 Å². The maximum Gasteiger partial charge on any atom is 0.359 e. The third kappa shape index (κ3) is 5.27. The number of esters is 1. The molecule has 22 heavy (non-hydrogen) atoms. The number of hydrogen-bond acceptors (Lipinski definition) is 5. The zero-order valence-corrected chi connectivity index (χ0v) is 12.8. The lowest BCUT2D eigenvalue weighted by Gasteiger charge is -2.12. The minimum Gasteiger partial charge on any atom is -0.451 e. The number of carbonyl (C=O) groups is 2. The number of hydrogen-bond donors (Lipinski definition) is 1. The van der Waals surface area contributed by atoms with Crippen molar-refractivity contribution >= 4 is 11.9 Å². The van der Waals surface area contributed by atoms with Crippen molar-refractivity contribution < 1.29 is 14.3 Å². The Balaban J connectivity index is 1.65. The van der Waals surface area contributed by atoms with Crippen LogP contribution in [0.2, 0.25) is 0 Å². The highest BCUT2D eigenvalue weighted by Gasteiger charge is 2.12. The Kier molecular flexibility index (Phi) is 6.06. The van der Waals surface area contributed by atoms with Gasteiger partial charge in [-0.3, -0.25) is 9.78 Å². The van der Waals surface area contributed by atoms with E-state index in [9.17, 15) is 9.59 Å². The van der Waals surface area contributed by atoms with Crippen LogP contribution in [0.5, 0.6) is 0 Å². The summed E-state index contributed by atoms with van der Waals surface area (Å²) in [5, 5.41) is 2.75. The number of allylic oxidation sites excluding steroid dienone is 1. The van der Waals surface area contributed by atoms with Crippen LogP contribution in [0.3, 0.4) is 0 Å². The van der Waals surface area contributed by atoms with Crippen LogP contribution in [0.1, 0.15) is 48.3 Å². The van der Waals surface area contributed by atoms with E-state index in [0.717, 1.165) is 19.3 Å². The molecule has 0 radical (unpaired) electrons. The van der Waals surface area contributed by atoms with E-state index in [-0.39, 0.29) is 18.2 Å². The Labute approximate surface area is 130 Å². The van der Waals surface area contributed by atoms with Crippen LogP contribution in [0.25, 0.3) is 0 Å². The molecule has 0 fully saturated rings. The number of amides is 1. The van der Waals surface area contributed by atoms with Gasteiger partial charge < -0.3 is 10.1 Å². The fraction of sp³-hybridized carbons (Fsp3) is 0.500. The normalized spacial score (nSPS) is 14.1. The van der Waals surface area contributed by atoms with Crippen molar-refractivity contribution in [1.29, 1.82) is 0 Å². The zero-order chi connectivity index (χ0) is 15.8. The smallest absolute Gasteiger partial charge is 0.359 e. The molecular formula is C16H21N3O3. The fourth-order valence-electron chi connectivity index (χ4n) is 2.25. The Morgan fingerprint density at radius 2 is 2.14 bits per heavy atom. The highest BCUT2D eigenvalue weighted by Crippen LogP contribution is 2.19. The van der Waals surface area contributed by atoms with Gasteiger partial charge in [0.2, 0.25) is 0 Å². The molecule has 0 spiro atoms. The molecule has 1 heterocycles. The van der Waals surface area contributed by atoms with Crippen LogP contribution in [0.15, 0.2) is 24.0 Å². The average Bonchev–Trinajstić information content (AvgIpc) is 2.54. The fourth-order valence-corrected chi connectivity index (χ4v) is 2.25. The Morgan fingerprint density at radius 1 is 1.27 bits per heavy atom. The number of rotatable bonds is 6. The molecule has 1 N–H and O–H groups in total. The first kappa shape index (κ1) is 16.1. The molecule has 2 rings (SSSR count). The first-order valence-electron chi connectivity index (χ1n) is 7.55. The van der Waals surface area contributed by atoms with E-state index >= 15 is 0 Å². The molecule has 0 saturated carbocycles. The van der Waals surface area contributed by atoms with E-state index in [1.165, 1.54) is 30.8 Å². The minimum absolute atomic E-state index is 0.103. The monoisotopic (exact) mass is 303 g/mol. The summed E-state index contributed by atoms with van der Waals surface area (Å²) >= 11 is 0. The molecule has 0 aromatic carbocycles. The summed E-state index contributed by atoms with van der Waals surface area (Å²) in [6, 6.07) is 0. The van der Waals surface area contributed by atoms with Crippen LogP contribution < -0.4 is 5.32 Å². The Hall–Kier alpha value is -2.24.